The van der Waals surface area contributed by atoms with Crippen molar-refractivity contribution in [2.24, 2.45) is 5.92 Å². The molecule has 0 saturated heterocycles. The topological polar surface area (TPSA) is 12.0 Å². The Balaban J connectivity index is 1.79. The van der Waals surface area contributed by atoms with Crippen molar-refractivity contribution >= 4 is 5.69 Å². The fourth-order valence-corrected chi connectivity index (χ4v) is 1.43. The van der Waals surface area contributed by atoms with Crippen LogP contribution in [0.3, 0.4) is 0 Å². The van der Waals surface area contributed by atoms with Gasteiger partial charge in [-0.1, -0.05) is 18.9 Å². The smallest absolute Gasteiger partial charge is 0.125 e. The van der Waals surface area contributed by atoms with Gasteiger partial charge in [-0.25, -0.2) is 4.39 Å². The van der Waals surface area contributed by atoms with Crippen LogP contribution in [0.5, 0.6) is 0 Å². The Hall–Kier alpha value is -1.05. The van der Waals surface area contributed by atoms with Crippen molar-refractivity contribution in [1.29, 1.82) is 0 Å². The third-order valence-electron chi connectivity index (χ3n) is 2.40. The van der Waals surface area contributed by atoms with Gasteiger partial charge in [-0.2, -0.15) is 0 Å². The van der Waals surface area contributed by atoms with Crippen molar-refractivity contribution in [2.45, 2.75) is 19.3 Å². The van der Waals surface area contributed by atoms with E-state index in [-0.39, 0.29) is 5.82 Å². The number of halogens is 1. The highest BCUT2D eigenvalue weighted by molar-refractivity contribution is 5.42. The van der Waals surface area contributed by atoms with Crippen molar-refractivity contribution in [1.82, 2.24) is 0 Å². The summed E-state index contributed by atoms with van der Waals surface area (Å²) in [5.41, 5.74) is 0.889. The summed E-state index contributed by atoms with van der Waals surface area (Å²) in [6, 6.07) is 6.63. The summed E-state index contributed by atoms with van der Waals surface area (Å²) in [4.78, 5) is 0. The van der Waals surface area contributed by atoms with Crippen LogP contribution in [0.15, 0.2) is 24.3 Å². The molecule has 70 valence electrons. The monoisotopic (exact) mass is 179 g/mol. The van der Waals surface area contributed by atoms with Crippen LogP contribution in [0.1, 0.15) is 19.3 Å². The van der Waals surface area contributed by atoms with E-state index in [2.05, 4.69) is 5.32 Å². The molecule has 0 heterocycles. The highest BCUT2D eigenvalue weighted by Crippen LogP contribution is 2.32. The first-order valence-corrected chi connectivity index (χ1v) is 4.84. The van der Waals surface area contributed by atoms with E-state index in [1.165, 1.54) is 31.4 Å². The Morgan fingerprint density at radius 3 is 2.92 bits per heavy atom. The van der Waals surface area contributed by atoms with E-state index in [0.717, 1.165) is 18.2 Å². The first-order chi connectivity index (χ1) is 6.34. The predicted octanol–water partition coefficient (Wildman–Crippen LogP) is 3.04. The second kappa shape index (κ2) is 3.77. The summed E-state index contributed by atoms with van der Waals surface area (Å²) in [7, 11) is 0. The quantitative estimate of drug-likeness (QED) is 0.749. The molecule has 0 aliphatic heterocycles. The van der Waals surface area contributed by atoms with Gasteiger partial charge in [-0.3, -0.25) is 0 Å². The number of hydrogen-bond acceptors (Lipinski definition) is 1. The normalized spacial score (nSPS) is 15.8. The van der Waals surface area contributed by atoms with Crippen LogP contribution in [0.2, 0.25) is 0 Å². The minimum Gasteiger partial charge on any atom is -0.385 e. The number of benzene rings is 1. The third kappa shape index (κ3) is 2.72. The van der Waals surface area contributed by atoms with Gasteiger partial charge in [-0.15, -0.1) is 0 Å². The molecular formula is C11H14FN. The van der Waals surface area contributed by atoms with E-state index in [4.69, 9.17) is 0 Å². The molecule has 1 fully saturated rings. The summed E-state index contributed by atoms with van der Waals surface area (Å²) < 4.78 is 12.7. The molecule has 0 bridgehead atoms. The van der Waals surface area contributed by atoms with Gasteiger partial charge in [0, 0.05) is 12.2 Å². The molecule has 0 spiro atoms. The zero-order valence-electron chi connectivity index (χ0n) is 7.59. The van der Waals surface area contributed by atoms with Crippen LogP contribution in [0.25, 0.3) is 0 Å². The summed E-state index contributed by atoms with van der Waals surface area (Å²) >= 11 is 0. The summed E-state index contributed by atoms with van der Waals surface area (Å²) in [6.07, 6.45) is 3.98. The molecule has 1 N–H and O–H groups in total. The first kappa shape index (κ1) is 8.54. The number of rotatable bonds is 4. The Bertz CT molecular complexity index is 281. The van der Waals surface area contributed by atoms with Gasteiger partial charge in [0.1, 0.15) is 5.82 Å². The lowest BCUT2D eigenvalue weighted by Gasteiger charge is -2.04. The van der Waals surface area contributed by atoms with E-state index in [9.17, 15) is 4.39 Å². The fraction of sp³-hybridized carbons (Fsp3) is 0.455. The lowest BCUT2D eigenvalue weighted by Crippen LogP contribution is -2.02. The molecule has 0 aromatic heterocycles. The Kier molecular flexibility index (Phi) is 2.48. The van der Waals surface area contributed by atoms with Gasteiger partial charge in [0.25, 0.3) is 0 Å². The van der Waals surface area contributed by atoms with Crippen LogP contribution in [-0.4, -0.2) is 6.54 Å². The highest BCUT2D eigenvalue weighted by atomic mass is 19.1. The predicted molar refractivity (Wildman–Crippen MR) is 52.2 cm³/mol. The van der Waals surface area contributed by atoms with Gasteiger partial charge < -0.3 is 5.32 Å². The molecule has 1 saturated carbocycles. The second-order valence-corrected chi connectivity index (χ2v) is 3.67. The molecular weight excluding hydrogens is 165 g/mol. The number of hydrogen-bond donors (Lipinski definition) is 1. The average molecular weight is 179 g/mol. The van der Waals surface area contributed by atoms with Gasteiger partial charge in [0.15, 0.2) is 0 Å². The van der Waals surface area contributed by atoms with E-state index in [1.807, 2.05) is 6.07 Å². The molecule has 1 aromatic rings. The minimum absolute atomic E-state index is 0.170. The van der Waals surface area contributed by atoms with Gasteiger partial charge in [-0.05, 0) is 30.5 Å². The highest BCUT2D eigenvalue weighted by Gasteiger charge is 2.19. The Morgan fingerprint density at radius 2 is 2.23 bits per heavy atom. The lowest BCUT2D eigenvalue weighted by molar-refractivity contribution is 0.628. The minimum atomic E-state index is -0.170. The maximum atomic E-state index is 12.7. The molecule has 0 atom stereocenters. The average Bonchev–Trinajstić information content (AvgIpc) is 2.88. The third-order valence-corrected chi connectivity index (χ3v) is 2.40. The fourth-order valence-electron chi connectivity index (χ4n) is 1.43. The first-order valence-electron chi connectivity index (χ1n) is 4.84. The zero-order chi connectivity index (χ0) is 9.10. The van der Waals surface area contributed by atoms with E-state index in [1.54, 1.807) is 6.07 Å². The molecule has 13 heavy (non-hydrogen) atoms. The van der Waals surface area contributed by atoms with Gasteiger partial charge in [0.05, 0.1) is 0 Å². The largest absolute Gasteiger partial charge is 0.385 e. The van der Waals surface area contributed by atoms with Crippen molar-refractivity contribution in [3.8, 4) is 0 Å². The Morgan fingerprint density at radius 1 is 1.38 bits per heavy atom. The van der Waals surface area contributed by atoms with Crippen LogP contribution in [0, 0.1) is 11.7 Å². The van der Waals surface area contributed by atoms with Crippen LogP contribution in [-0.2, 0) is 0 Å². The molecule has 0 amide bonds. The van der Waals surface area contributed by atoms with E-state index >= 15 is 0 Å². The lowest BCUT2D eigenvalue weighted by atomic mass is 10.2. The summed E-state index contributed by atoms with van der Waals surface area (Å²) in [5, 5.41) is 3.22. The maximum Gasteiger partial charge on any atom is 0.125 e. The molecule has 2 rings (SSSR count). The van der Waals surface area contributed by atoms with Crippen molar-refractivity contribution in [3.63, 3.8) is 0 Å². The molecule has 1 aliphatic rings. The number of nitrogens with one attached hydrogen (secondary N) is 1. The maximum absolute atomic E-state index is 12.7. The van der Waals surface area contributed by atoms with Crippen molar-refractivity contribution in [2.75, 3.05) is 11.9 Å². The SMILES string of the molecule is Fc1cccc(NCCC2CC2)c1. The molecule has 1 aliphatic carbocycles. The standard InChI is InChI=1S/C11H14FN/c12-10-2-1-3-11(8-10)13-7-6-9-4-5-9/h1-3,8-9,13H,4-7H2. The number of anilines is 1. The van der Waals surface area contributed by atoms with Gasteiger partial charge in [0.2, 0.25) is 0 Å². The summed E-state index contributed by atoms with van der Waals surface area (Å²) in [5.74, 6) is 0.762. The zero-order valence-corrected chi connectivity index (χ0v) is 7.59. The van der Waals surface area contributed by atoms with Crippen molar-refractivity contribution in [3.05, 3.63) is 30.1 Å². The molecule has 1 nitrogen and oxygen atoms in total. The molecule has 2 heteroatoms. The van der Waals surface area contributed by atoms with Crippen LogP contribution < -0.4 is 5.32 Å². The van der Waals surface area contributed by atoms with Gasteiger partial charge >= 0.3 is 0 Å². The Labute approximate surface area is 78.0 Å². The van der Waals surface area contributed by atoms with E-state index < -0.39 is 0 Å². The van der Waals surface area contributed by atoms with Crippen LogP contribution >= 0.6 is 0 Å². The summed E-state index contributed by atoms with van der Waals surface area (Å²) in [6.45, 7) is 0.966. The van der Waals surface area contributed by atoms with Crippen LogP contribution in [0.4, 0.5) is 10.1 Å². The molecule has 0 unspecified atom stereocenters. The molecule has 0 radical (unpaired) electrons. The second-order valence-electron chi connectivity index (χ2n) is 3.67. The molecule has 1 aromatic carbocycles. The van der Waals surface area contributed by atoms with E-state index in [0.29, 0.717) is 0 Å². The van der Waals surface area contributed by atoms with Crippen molar-refractivity contribution < 1.29 is 4.39 Å².